The van der Waals surface area contributed by atoms with Crippen molar-refractivity contribution in [3.63, 3.8) is 0 Å². The van der Waals surface area contributed by atoms with Crippen LogP contribution in [-0.4, -0.2) is 11.1 Å². The molecule has 0 bridgehead atoms. The van der Waals surface area contributed by atoms with E-state index in [-0.39, 0.29) is 53.9 Å². The molecule has 2 atom stereocenters. The fourth-order valence-electron chi connectivity index (χ4n) is 2.79. The van der Waals surface area contributed by atoms with Gasteiger partial charge in [-0.05, 0) is 0 Å². The van der Waals surface area contributed by atoms with Crippen molar-refractivity contribution in [3.05, 3.63) is 82.4 Å². The molecule has 0 saturated carbocycles. The van der Waals surface area contributed by atoms with Gasteiger partial charge in [-0.15, -0.1) is 23.2 Å². The van der Waals surface area contributed by atoms with Crippen LogP contribution in [0.4, 0.5) is 0 Å². The zero-order chi connectivity index (χ0) is 17.8. The zero-order valence-electron chi connectivity index (χ0n) is 17.0. The molecule has 27 heavy (non-hydrogen) atoms. The Balaban J connectivity index is 0. The number of hydrogen-bond acceptors (Lipinski definition) is 0. The Morgan fingerprint density at radius 3 is 1.04 bits per heavy atom. The van der Waals surface area contributed by atoms with Gasteiger partial charge in [0.05, 0.1) is 0 Å². The van der Waals surface area contributed by atoms with Gasteiger partial charge in [0.2, 0.25) is 0 Å². The summed E-state index contributed by atoms with van der Waals surface area (Å²) in [6, 6.07) is 21.1. The molecule has 0 spiro atoms. The Hall–Kier alpha value is -1.08. The molecule has 0 aromatic heterocycles. The Morgan fingerprint density at radius 1 is 0.556 bits per heavy atom. The largest absolute Gasteiger partial charge is 6.00 e. The third-order valence-corrected chi connectivity index (χ3v) is 3.63. The van der Waals surface area contributed by atoms with Gasteiger partial charge < -0.3 is 21.6 Å². The van der Waals surface area contributed by atoms with Crippen LogP contribution < -0.4 is 0 Å². The van der Waals surface area contributed by atoms with Gasteiger partial charge in [0.15, 0.2) is 0 Å². The first-order chi connectivity index (χ1) is 11.2. The fourth-order valence-corrected chi connectivity index (χ4v) is 2.79. The Kier molecular flexibility index (Phi) is 12.2. The molecule has 0 aliphatic rings. The summed E-state index contributed by atoms with van der Waals surface area (Å²) in [4.78, 5) is 0. The van der Waals surface area contributed by atoms with Gasteiger partial charge in [-0.1, -0.05) is 113 Å². The number of benzene rings is 2. The number of nitrogens with zero attached hydrogens (tertiary/aromatic N) is 2. The minimum absolute atomic E-state index is 0. The van der Waals surface area contributed by atoms with Gasteiger partial charge in [0.25, 0.3) is 0 Å². The van der Waals surface area contributed by atoms with Gasteiger partial charge in [-0.2, -0.15) is 0 Å². The van der Waals surface area contributed by atoms with Crippen LogP contribution in [0.5, 0.6) is 0 Å². The van der Waals surface area contributed by atoms with Crippen LogP contribution >= 0.6 is 0 Å². The van der Waals surface area contributed by atoms with Crippen molar-refractivity contribution < 1.29 is 30.7 Å². The molecule has 2 aromatic rings. The normalized spacial score (nSPS) is 13.4. The van der Waals surface area contributed by atoms with Crippen molar-refractivity contribution in [1.82, 2.24) is 0 Å². The summed E-state index contributed by atoms with van der Waals surface area (Å²) in [5.74, 6) is 0. The molecule has 0 N–H and O–H groups in total. The second-order valence-corrected chi connectivity index (χ2v) is 8.31. The molecule has 0 amide bonds. The molecule has 2 aromatic carbocycles. The summed E-state index contributed by atoms with van der Waals surface area (Å²) in [6.07, 6.45) is 0. The summed E-state index contributed by atoms with van der Waals surface area (Å²) in [7, 11) is 0. The molecule has 4 nitrogen and oxygen atoms in total. The SMILES string of the molecule is CC(C)(C)[N-][C@H](c1ccccc1)[C@H]([N-]C(C)(C)C)c1ccccc1.[O-2].[O-2].[Os+6]. The first-order valence-electron chi connectivity index (χ1n) is 8.70. The van der Waals surface area contributed by atoms with E-state index >= 15 is 0 Å². The van der Waals surface area contributed by atoms with Crippen LogP contribution in [0.15, 0.2) is 60.7 Å². The average molecular weight is 545 g/mol. The third kappa shape index (κ3) is 9.60. The first kappa shape index (κ1) is 28.1. The van der Waals surface area contributed by atoms with E-state index in [4.69, 9.17) is 10.6 Å². The molecular formula is C22H30N2O2Os. The molecule has 0 fully saturated rings. The maximum absolute atomic E-state index is 5.15. The summed E-state index contributed by atoms with van der Waals surface area (Å²) in [5.41, 5.74) is 2.19. The van der Waals surface area contributed by atoms with Gasteiger partial charge in [-0.3, -0.25) is 0 Å². The van der Waals surface area contributed by atoms with Crippen LogP contribution in [0.2, 0.25) is 0 Å². The second kappa shape index (κ2) is 11.7. The molecule has 0 unspecified atom stereocenters. The molecule has 0 aliphatic carbocycles. The van der Waals surface area contributed by atoms with Crippen molar-refractivity contribution in [1.29, 1.82) is 0 Å². The van der Waals surface area contributed by atoms with Gasteiger partial charge >= 0.3 is 19.8 Å². The Labute approximate surface area is 177 Å². The molecule has 0 radical (unpaired) electrons. The molecule has 0 saturated heterocycles. The topological polar surface area (TPSA) is 85.2 Å². The minimum Gasteiger partial charge on any atom is -2.00 e. The van der Waals surface area contributed by atoms with E-state index in [0.717, 1.165) is 0 Å². The predicted molar refractivity (Wildman–Crippen MR) is 106 cm³/mol. The standard InChI is InChI=1S/C22H30N2.2O.Os/c1-21(2,3)23-19(17-13-9-7-10-14-17)20(24-22(4,5)6)18-15-11-8-12-16-18;;;/h7-16,19-20H,1-6H3;;;/q3*-2;+6/t19-,20-;;;/m1.../s1. The van der Waals surface area contributed by atoms with E-state index in [0.29, 0.717) is 0 Å². The van der Waals surface area contributed by atoms with Crippen LogP contribution in [0, 0.1) is 0 Å². The number of rotatable bonds is 5. The van der Waals surface area contributed by atoms with Crippen molar-refractivity contribution in [3.8, 4) is 0 Å². The van der Waals surface area contributed by atoms with Crippen LogP contribution in [-0.2, 0) is 30.7 Å². The first-order valence-corrected chi connectivity index (χ1v) is 8.70. The second-order valence-electron chi connectivity index (χ2n) is 8.31. The Bertz CT molecular complexity index is 565. The average Bonchev–Trinajstić information content (AvgIpc) is 2.50. The maximum atomic E-state index is 5.15. The van der Waals surface area contributed by atoms with E-state index in [1.54, 1.807) is 0 Å². The van der Waals surface area contributed by atoms with E-state index < -0.39 is 0 Å². The van der Waals surface area contributed by atoms with E-state index in [1.165, 1.54) is 11.1 Å². The van der Waals surface area contributed by atoms with Gasteiger partial charge in [-0.25, -0.2) is 0 Å². The van der Waals surface area contributed by atoms with E-state index in [1.807, 2.05) is 0 Å². The summed E-state index contributed by atoms with van der Waals surface area (Å²) in [5, 5.41) is 10.3. The summed E-state index contributed by atoms with van der Waals surface area (Å²) in [6.45, 7) is 12.9. The summed E-state index contributed by atoms with van der Waals surface area (Å²) < 4.78 is 0. The molecule has 148 valence electrons. The molecule has 0 heterocycles. The molecule has 0 aliphatic heterocycles. The van der Waals surface area contributed by atoms with Crippen molar-refractivity contribution in [2.45, 2.75) is 64.7 Å². The monoisotopic (exact) mass is 546 g/mol. The van der Waals surface area contributed by atoms with E-state index in [9.17, 15) is 0 Å². The van der Waals surface area contributed by atoms with Gasteiger partial charge in [0, 0.05) is 0 Å². The van der Waals surface area contributed by atoms with E-state index in [2.05, 4.69) is 102 Å². The maximum Gasteiger partial charge on any atom is 6.00 e. The fraction of sp³-hybridized carbons (Fsp3) is 0.455. The molecule has 5 heteroatoms. The molecule has 2 rings (SSSR count). The van der Waals surface area contributed by atoms with Gasteiger partial charge in [0.1, 0.15) is 0 Å². The van der Waals surface area contributed by atoms with Crippen LogP contribution in [0.3, 0.4) is 0 Å². The minimum atomic E-state index is -0.124. The van der Waals surface area contributed by atoms with Crippen molar-refractivity contribution >= 4 is 0 Å². The molecular weight excluding hydrogens is 514 g/mol. The quantitative estimate of drug-likeness (QED) is 0.408. The van der Waals surface area contributed by atoms with Crippen molar-refractivity contribution in [2.75, 3.05) is 0 Å². The van der Waals surface area contributed by atoms with Crippen LogP contribution in [0.25, 0.3) is 10.6 Å². The van der Waals surface area contributed by atoms with Crippen molar-refractivity contribution in [2.24, 2.45) is 0 Å². The predicted octanol–water partition coefficient (Wildman–Crippen LogP) is 6.57. The third-order valence-electron chi connectivity index (χ3n) is 3.63. The number of hydrogen-bond donors (Lipinski definition) is 0. The summed E-state index contributed by atoms with van der Waals surface area (Å²) >= 11 is 0. The Morgan fingerprint density at radius 2 is 0.815 bits per heavy atom. The van der Waals surface area contributed by atoms with Crippen LogP contribution in [0.1, 0.15) is 64.8 Å². The smallest absolute Gasteiger partial charge is 2.00 e. The zero-order valence-corrected chi connectivity index (χ0v) is 19.5.